The minimum atomic E-state index is -0.147. The number of amides is 1. The van der Waals surface area contributed by atoms with Crippen LogP contribution < -0.4 is 10.6 Å². The van der Waals surface area contributed by atoms with E-state index in [9.17, 15) is 4.79 Å². The first kappa shape index (κ1) is 12.9. The lowest BCUT2D eigenvalue weighted by molar-refractivity contribution is 0.0958. The molecule has 4 heteroatoms. The van der Waals surface area contributed by atoms with Crippen molar-refractivity contribution in [2.24, 2.45) is 5.41 Å². The predicted octanol–water partition coefficient (Wildman–Crippen LogP) is 2.43. The molecule has 0 atom stereocenters. The van der Waals surface area contributed by atoms with E-state index in [1.54, 1.807) is 19.3 Å². The molecular formula is C14H21N3O. The quantitative estimate of drug-likeness (QED) is 0.859. The lowest BCUT2D eigenvalue weighted by atomic mass is 9.89. The van der Waals surface area contributed by atoms with Crippen molar-refractivity contribution >= 4 is 11.6 Å². The first-order valence-electron chi connectivity index (χ1n) is 6.55. The Balaban J connectivity index is 1.99. The van der Waals surface area contributed by atoms with Crippen LogP contribution in [0.15, 0.2) is 18.3 Å². The number of aromatic nitrogens is 1. The average molecular weight is 247 g/mol. The Morgan fingerprint density at radius 2 is 2.17 bits per heavy atom. The summed E-state index contributed by atoms with van der Waals surface area (Å²) in [5.74, 6) is -0.147. The maximum Gasteiger partial charge on any atom is 0.269 e. The molecule has 0 saturated heterocycles. The minimum absolute atomic E-state index is 0.147. The smallest absolute Gasteiger partial charge is 0.269 e. The van der Waals surface area contributed by atoms with Gasteiger partial charge in [0.1, 0.15) is 5.69 Å². The van der Waals surface area contributed by atoms with Gasteiger partial charge in [0.25, 0.3) is 5.91 Å². The number of hydrogen-bond acceptors (Lipinski definition) is 3. The Hall–Kier alpha value is -1.58. The molecule has 1 fully saturated rings. The Bertz CT molecular complexity index is 425. The molecule has 1 aliphatic carbocycles. The zero-order chi connectivity index (χ0) is 13.0. The van der Waals surface area contributed by atoms with Gasteiger partial charge in [0.15, 0.2) is 0 Å². The van der Waals surface area contributed by atoms with Crippen molar-refractivity contribution in [2.75, 3.05) is 18.9 Å². The van der Waals surface area contributed by atoms with Crippen molar-refractivity contribution in [3.05, 3.63) is 24.0 Å². The van der Waals surface area contributed by atoms with E-state index in [0.717, 1.165) is 12.2 Å². The summed E-state index contributed by atoms with van der Waals surface area (Å²) in [6.45, 7) is 3.29. The van der Waals surface area contributed by atoms with Gasteiger partial charge in [-0.25, -0.2) is 0 Å². The van der Waals surface area contributed by atoms with Crippen LogP contribution in [0.1, 0.15) is 43.1 Å². The highest BCUT2D eigenvalue weighted by Crippen LogP contribution is 2.37. The SMILES string of the molecule is CNC(=O)c1cc(NCC2(C)CCCC2)ccn1. The number of anilines is 1. The topological polar surface area (TPSA) is 54.0 Å². The van der Waals surface area contributed by atoms with Crippen LogP contribution in [0.3, 0.4) is 0 Å². The molecule has 1 aromatic rings. The van der Waals surface area contributed by atoms with Crippen LogP contribution in [0, 0.1) is 5.41 Å². The van der Waals surface area contributed by atoms with Gasteiger partial charge < -0.3 is 10.6 Å². The van der Waals surface area contributed by atoms with Crippen LogP contribution in [0.25, 0.3) is 0 Å². The molecule has 0 unspecified atom stereocenters. The summed E-state index contributed by atoms with van der Waals surface area (Å²) in [4.78, 5) is 15.5. The van der Waals surface area contributed by atoms with Gasteiger partial charge in [0, 0.05) is 25.5 Å². The van der Waals surface area contributed by atoms with Gasteiger partial charge in [0.2, 0.25) is 0 Å². The summed E-state index contributed by atoms with van der Waals surface area (Å²) in [6, 6.07) is 3.71. The summed E-state index contributed by atoms with van der Waals surface area (Å²) in [7, 11) is 1.61. The molecular weight excluding hydrogens is 226 g/mol. The second-order valence-electron chi connectivity index (χ2n) is 5.38. The molecule has 1 aromatic heterocycles. The molecule has 1 amide bonds. The van der Waals surface area contributed by atoms with E-state index >= 15 is 0 Å². The highest BCUT2D eigenvalue weighted by Gasteiger charge is 2.28. The Labute approximate surface area is 108 Å². The van der Waals surface area contributed by atoms with Gasteiger partial charge in [0.05, 0.1) is 0 Å². The van der Waals surface area contributed by atoms with Gasteiger partial charge in [-0.2, -0.15) is 0 Å². The van der Waals surface area contributed by atoms with Gasteiger partial charge in [-0.15, -0.1) is 0 Å². The molecule has 98 valence electrons. The molecule has 0 bridgehead atoms. The van der Waals surface area contributed by atoms with Crippen LogP contribution in [-0.4, -0.2) is 24.5 Å². The molecule has 18 heavy (non-hydrogen) atoms. The number of pyridine rings is 1. The zero-order valence-corrected chi connectivity index (χ0v) is 11.1. The highest BCUT2D eigenvalue weighted by molar-refractivity contribution is 5.92. The number of hydrogen-bond donors (Lipinski definition) is 2. The van der Waals surface area contributed by atoms with Crippen LogP contribution >= 0.6 is 0 Å². The Morgan fingerprint density at radius 1 is 1.44 bits per heavy atom. The van der Waals surface area contributed by atoms with Crippen molar-refractivity contribution in [3.63, 3.8) is 0 Å². The van der Waals surface area contributed by atoms with Gasteiger partial charge >= 0.3 is 0 Å². The Morgan fingerprint density at radius 3 is 2.83 bits per heavy atom. The van der Waals surface area contributed by atoms with Crippen LogP contribution in [-0.2, 0) is 0 Å². The fourth-order valence-electron chi connectivity index (χ4n) is 2.51. The van der Waals surface area contributed by atoms with Crippen LogP contribution in [0.4, 0.5) is 5.69 Å². The molecule has 0 spiro atoms. The fraction of sp³-hybridized carbons (Fsp3) is 0.571. The van der Waals surface area contributed by atoms with Crippen molar-refractivity contribution < 1.29 is 4.79 Å². The largest absolute Gasteiger partial charge is 0.384 e. The normalized spacial score (nSPS) is 17.4. The molecule has 0 aromatic carbocycles. The van der Waals surface area contributed by atoms with Crippen molar-refractivity contribution in [2.45, 2.75) is 32.6 Å². The maximum atomic E-state index is 11.5. The summed E-state index contributed by atoms with van der Waals surface area (Å²) >= 11 is 0. The molecule has 1 saturated carbocycles. The third kappa shape index (κ3) is 3.00. The molecule has 2 N–H and O–H groups in total. The van der Waals surface area contributed by atoms with Gasteiger partial charge in [-0.3, -0.25) is 9.78 Å². The third-order valence-electron chi connectivity index (χ3n) is 3.75. The van der Waals surface area contributed by atoms with Crippen molar-refractivity contribution in [3.8, 4) is 0 Å². The second kappa shape index (κ2) is 5.38. The fourth-order valence-corrected chi connectivity index (χ4v) is 2.51. The van der Waals surface area contributed by atoms with Crippen LogP contribution in [0.2, 0.25) is 0 Å². The highest BCUT2D eigenvalue weighted by atomic mass is 16.1. The second-order valence-corrected chi connectivity index (χ2v) is 5.38. The molecule has 4 nitrogen and oxygen atoms in total. The standard InChI is InChI=1S/C14H21N3O/c1-14(6-3-4-7-14)10-17-11-5-8-16-12(9-11)13(18)15-2/h5,8-9H,3-4,6-7,10H2,1-2H3,(H,15,18)(H,16,17). The van der Waals surface area contributed by atoms with E-state index in [-0.39, 0.29) is 5.91 Å². The van der Waals surface area contributed by atoms with E-state index in [1.807, 2.05) is 6.07 Å². The number of rotatable bonds is 4. The van der Waals surface area contributed by atoms with Gasteiger partial charge in [-0.1, -0.05) is 19.8 Å². The number of nitrogens with zero attached hydrogens (tertiary/aromatic N) is 1. The Kier molecular flexibility index (Phi) is 3.84. The molecule has 0 radical (unpaired) electrons. The summed E-state index contributed by atoms with van der Waals surface area (Å²) in [6.07, 6.45) is 6.90. The van der Waals surface area contributed by atoms with Crippen molar-refractivity contribution in [1.29, 1.82) is 0 Å². The van der Waals surface area contributed by atoms with E-state index in [0.29, 0.717) is 11.1 Å². The molecule has 1 heterocycles. The monoisotopic (exact) mass is 247 g/mol. The van der Waals surface area contributed by atoms with E-state index < -0.39 is 0 Å². The first-order chi connectivity index (χ1) is 8.63. The number of carbonyl (C=O) groups excluding carboxylic acids is 1. The van der Waals surface area contributed by atoms with E-state index in [2.05, 4.69) is 22.5 Å². The van der Waals surface area contributed by atoms with Crippen molar-refractivity contribution in [1.82, 2.24) is 10.3 Å². The van der Waals surface area contributed by atoms with E-state index in [4.69, 9.17) is 0 Å². The summed E-state index contributed by atoms with van der Waals surface area (Å²) in [5, 5.41) is 6.01. The minimum Gasteiger partial charge on any atom is -0.384 e. The van der Waals surface area contributed by atoms with Crippen LogP contribution in [0.5, 0.6) is 0 Å². The predicted molar refractivity (Wildman–Crippen MR) is 72.7 cm³/mol. The average Bonchev–Trinajstić information content (AvgIpc) is 2.83. The van der Waals surface area contributed by atoms with E-state index in [1.165, 1.54) is 25.7 Å². The first-order valence-corrected chi connectivity index (χ1v) is 6.55. The lowest BCUT2D eigenvalue weighted by Crippen LogP contribution is -2.23. The molecule has 0 aliphatic heterocycles. The summed E-state index contributed by atoms with van der Waals surface area (Å²) in [5.41, 5.74) is 1.83. The lowest BCUT2D eigenvalue weighted by Gasteiger charge is -2.24. The number of nitrogens with one attached hydrogen (secondary N) is 2. The molecule has 1 aliphatic rings. The third-order valence-corrected chi connectivity index (χ3v) is 3.75. The maximum absolute atomic E-state index is 11.5. The molecule has 2 rings (SSSR count). The zero-order valence-electron chi connectivity index (χ0n) is 11.1. The van der Waals surface area contributed by atoms with Gasteiger partial charge in [-0.05, 0) is 30.4 Å². The number of carbonyl (C=O) groups is 1. The summed E-state index contributed by atoms with van der Waals surface area (Å²) < 4.78 is 0.